The van der Waals surface area contributed by atoms with Crippen LogP contribution in [0.1, 0.15) is 24.2 Å². The Balaban J connectivity index is 1.66. The Labute approximate surface area is 112 Å². The third kappa shape index (κ3) is 4.10. The Morgan fingerprint density at radius 1 is 1.44 bits per heavy atom. The first-order valence-corrected chi connectivity index (χ1v) is 7.18. The topological polar surface area (TPSA) is 54.1 Å². The molecule has 2 unspecified atom stereocenters. The third-order valence-electron chi connectivity index (χ3n) is 2.63. The number of Topliss-reactive ketones (excluding diaryl/α,β-unsaturated/α-hetero) is 1. The van der Waals surface area contributed by atoms with E-state index in [9.17, 15) is 4.79 Å². The van der Waals surface area contributed by atoms with E-state index in [1.807, 2.05) is 30.3 Å². The quantitative estimate of drug-likeness (QED) is 0.580. The van der Waals surface area contributed by atoms with Crippen LogP contribution in [0.15, 0.2) is 30.3 Å². The fraction of sp³-hybridized carbons (Fsp3) is 0.462. The second kappa shape index (κ2) is 6.33. The minimum atomic E-state index is 0.186. The van der Waals surface area contributed by atoms with Crippen LogP contribution >= 0.6 is 11.8 Å². The summed E-state index contributed by atoms with van der Waals surface area (Å²) >= 11 is 1.63. The Kier molecular flexibility index (Phi) is 4.77. The van der Waals surface area contributed by atoms with Crippen LogP contribution in [0.4, 0.5) is 0 Å². The summed E-state index contributed by atoms with van der Waals surface area (Å²) in [4.78, 5) is 11.9. The number of hydrogen-bond acceptors (Lipinski definition) is 5. The van der Waals surface area contributed by atoms with Crippen LogP contribution in [0.2, 0.25) is 0 Å². The summed E-state index contributed by atoms with van der Waals surface area (Å²) in [6.07, 6.45) is 0. The van der Waals surface area contributed by atoms with E-state index in [0.29, 0.717) is 11.8 Å². The normalized spacial score (nSPS) is 22.2. The van der Waals surface area contributed by atoms with Gasteiger partial charge in [0.25, 0.3) is 0 Å². The molecule has 1 aromatic rings. The van der Waals surface area contributed by atoms with Crippen LogP contribution in [0.5, 0.6) is 0 Å². The molecule has 5 heteroatoms. The zero-order chi connectivity index (χ0) is 13.0. The van der Waals surface area contributed by atoms with Gasteiger partial charge < -0.3 is 5.32 Å². The van der Waals surface area contributed by atoms with Crippen LogP contribution in [0, 0.1) is 0 Å². The molecule has 0 saturated carbocycles. The van der Waals surface area contributed by atoms with Gasteiger partial charge in [0.15, 0.2) is 5.78 Å². The largest absolute Gasteiger partial charge is 0.301 e. The monoisotopic (exact) mass is 265 g/mol. The molecule has 1 saturated heterocycles. The second-order valence-corrected chi connectivity index (χ2v) is 5.64. The summed E-state index contributed by atoms with van der Waals surface area (Å²) in [5.74, 6) is 0.700. The van der Waals surface area contributed by atoms with Crippen molar-refractivity contribution in [1.29, 1.82) is 0 Å². The van der Waals surface area contributed by atoms with Crippen molar-refractivity contribution < 1.29 is 4.79 Å². The number of carbonyl (C=O) groups is 1. The highest BCUT2D eigenvalue weighted by atomic mass is 32.2. The van der Waals surface area contributed by atoms with Gasteiger partial charge in [-0.1, -0.05) is 30.3 Å². The fourth-order valence-electron chi connectivity index (χ4n) is 1.51. The number of ketones is 1. The number of hydrogen-bond donors (Lipinski definition) is 2. The molecule has 4 nitrogen and oxygen atoms in total. The minimum absolute atomic E-state index is 0.186. The molecule has 2 N–H and O–H groups in total. The number of nitrogens with one attached hydrogen (secondary N) is 2. The van der Waals surface area contributed by atoms with Gasteiger partial charge >= 0.3 is 0 Å². The maximum atomic E-state index is 11.9. The van der Waals surface area contributed by atoms with E-state index in [1.165, 1.54) is 0 Å². The lowest BCUT2D eigenvalue weighted by Gasteiger charge is -2.07. The summed E-state index contributed by atoms with van der Waals surface area (Å²) in [5.41, 5.74) is 4.27. The summed E-state index contributed by atoms with van der Waals surface area (Å²) < 4.78 is 0. The van der Waals surface area contributed by atoms with Crippen molar-refractivity contribution in [2.75, 3.05) is 12.4 Å². The Morgan fingerprint density at radius 2 is 2.17 bits per heavy atom. The molecule has 1 heterocycles. The SMILES string of the molecule is CC(C)NCN1NC1SCC(=O)c1ccccc1. The van der Waals surface area contributed by atoms with Gasteiger partial charge in [0.2, 0.25) is 0 Å². The van der Waals surface area contributed by atoms with E-state index >= 15 is 0 Å². The predicted octanol–water partition coefficient (Wildman–Crippen LogP) is 1.66. The van der Waals surface area contributed by atoms with Crippen molar-refractivity contribution in [3.05, 3.63) is 35.9 Å². The van der Waals surface area contributed by atoms with Crippen molar-refractivity contribution >= 4 is 17.5 Å². The predicted molar refractivity (Wildman–Crippen MR) is 75.1 cm³/mol. The number of rotatable bonds is 7. The van der Waals surface area contributed by atoms with Crippen LogP contribution in [-0.2, 0) is 0 Å². The summed E-state index contributed by atoms with van der Waals surface area (Å²) in [5, 5.41) is 5.41. The molecule has 0 amide bonds. The molecule has 0 spiro atoms. The van der Waals surface area contributed by atoms with E-state index in [0.717, 1.165) is 12.2 Å². The molecule has 18 heavy (non-hydrogen) atoms. The van der Waals surface area contributed by atoms with Gasteiger partial charge in [-0.15, -0.1) is 11.8 Å². The molecule has 1 aliphatic heterocycles. The van der Waals surface area contributed by atoms with Crippen LogP contribution in [0.25, 0.3) is 0 Å². The van der Waals surface area contributed by atoms with E-state index < -0.39 is 0 Å². The van der Waals surface area contributed by atoms with Crippen molar-refractivity contribution in [3.8, 4) is 0 Å². The molecule has 0 bridgehead atoms. The first-order chi connectivity index (χ1) is 8.66. The van der Waals surface area contributed by atoms with Gasteiger partial charge in [0.05, 0.1) is 12.4 Å². The lowest BCUT2D eigenvalue weighted by Crippen LogP contribution is -2.29. The van der Waals surface area contributed by atoms with Crippen molar-refractivity contribution in [2.45, 2.75) is 25.4 Å². The number of thioether (sulfide) groups is 1. The average Bonchev–Trinajstić information content (AvgIpc) is 3.13. The summed E-state index contributed by atoms with van der Waals surface area (Å²) in [6.45, 7) is 5.05. The maximum Gasteiger partial charge on any atom is 0.172 e. The lowest BCUT2D eigenvalue weighted by atomic mass is 10.2. The molecular weight excluding hydrogens is 246 g/mol. The van der Waals surface area contributed by atoms with Crippen LogP contribution in [-0.4, -0.2) is 34.8 Å². The zero-order valence-corrected chi connectivity index (χ0v) is 11.5. The lowest BCUT2D eigenvalue weighted by molar-refractivity contribution is 0.102. The van der Waals surface area contributed by atoms with Crippen molar-refractivity contribution in [3.63, 3.8) is 0 Å². The van der Waals surface area contributed by atoms with E-state index in [-0.39, 0.29) is 11.3 Å². The molecular formula is C13H19N3OS. The van der Waals surface area contributed by atoms with Gasteiger partial charge in [-0.25, -0.2) is 10.4 Å². The highest BCUT2D eigenvalue weighted by Gasteiger charge is 2.33. The number of carbonyl (C=O) groups excluding carboxylic acids is 1. The second-order valence-electron chi connectivity index (χ2n) is 4.57. The molecule has 1 fully saturated rings. The Morgan fingerprint density at radius 3 is 2.83 bits per heavy atom. The van der Waals surface area contributed by atoms with E-state index in [4.69, 9.17) is 0 Å². The fourth-order valence-corrected chi connectivity index (χ4v) is 2.45. The molecule has 98 valence electrons. The minimum Gasteiger partial charge on any atom is -0.301 e. The zero-order valence-electron chi connectivity index (χ0n) is 10.7. The van der Waals surface area contributed by atoms with Gasteiger partial charge in [0.1, 0.15) is 5.50 Å². The van der Waals surface area contributed by atoms with E-state index in [1.54, 1.807) is 11.8 Å². The number of hydrazine groups is 1. The molecule has 0 aliphatic carbocycles. The molecule has 0 aromatic heterocycles. The summed E-state index contributed by atoms with van der Waals surface area (Å²) in [6, 6.07) is 9.91. The molecule has 2 atom stereocenters. The smallest absolute Gasteiger partial charge is 0.172 e. The Hall–Kier alpha value is -0.880. The molecule has 1 aliphatic rings. The maximum absolute atomic E-state index is 11.9. The number of nitrogens with zero attached hydrogens (tertiary/aromatic N) is 1. The Bertz CT molecular complexity index is 396. The molecule has 0 radical (unpaired) electrons. The van der Waals surface area contributed by atoms with Gasteiger partial charge in [-0.3, -0.25) is 4.79 Å². The molecule has 1 aromatic carbocycles. The highest BCUT2D eigenvalue weighted by Crippen LogP contribution is 2.22. The van der Waals surface area contributed by atoms with Gasteiger partial charge in [-0.05, 0) is 13.8 Å². The van der Waals surface area contributed by atoms with Crippen LogP contribution in [0.3, 0.4) is 0 Å². The first-order valence-electron chi connectivity index (χ1n) is 6.13. The van der Waals surface area contributed by atoms with Crippen LogP contribution < -0.4 is 10.7 Å². The van der Waals surface area contributed by atoms with E-state index in [2.05, 4.69) is 29.6 Å². The summed E-state index contributed by atoms with van der Waals surface area (Å²) in [7, 11) is 0. The van der Waals surface area contributed by atoms with Gasteiger partial charge in [0, 0.05) is 11.6 Å². The van der Waals surface area contributed by atoms with Crippen molar-refractivity contribution in [1.82, 2.24) is 15.8 Å². The average molecular weight is 265 g/mol. The third-order valence-corrected chi connectivity index (χ3v) is 3.73. The van der Waals surface area contributed by atoms with Gasteiger partial charge in [-0.2, -0.15) is 0 Å². The highest BCUT2D eigenvalue weighted by molar-refractivity contribution is 8.00. The first kappa shape index (κ1) is 13.5. The standard InChI is InChI=1S/C13H19N3OS/c1-10(2)14-9-16-13(15-16)18-8-12(17)11-6-4-3-5-7-11/h3-7,10,13-15H,8-9H2,1-2H3. The molecule has 2 rings (SSSR count). The number of benzene rings is 1. The van der Waals surface area contributed by atoms with Crippen molar-refractivity contribution in [2.24, 2.45) is 0 Å².